The van der Waals surface area contributed by atoms with E-state index in [4.69, 9.17) is 4.74 Å². The maximum absolute atomic E-state index is 12.1. The molecule has 0 radical (unpaired) electrons. The number of nitrogens with one attached hydrogen (secondary N) is 1. The van der Waals surface area contributed by atoms with E-state index in [1.54, 1.807) is 12.4 Å². The van der Waals surface area contributed by atoms with Crippen molar-refractivity contribution in [3.8, 4) is 5.75 Å². The first-order valence-corrected chi connectivity index (χ1v) is 8.59. The molecule has 25 heavy (non-hydrogen) atoms. The van der Waals surface area contributed by atoms with Crippen molar-refractivity contribution in [1.29, 1.82) is 0 Å². The predicted octanol–water partition coefficient (Wildman–Crippen LogP) is 3.85. The SMILES string of the molecule is CC(C)(C)c1cccc(OCC(=O)NCC(C)(C)c2ccncc2)c1. The molecule has 1 aromatic heterocycles. The smallest absolute Gasteiger partial charge is 0.257 e. The predicted molar refractivity (Wildman–Crippen MR) is 101 cm³/mol. The average Bonchev–Trinajstić information content (AvgIpc) is 2.58. The Morgan fingerprint density at radius 1 is 1.04 bits per heavy atom. The first-order chi connectivity index (χ1) is 11.7. The lowest BCUT2D eigenvalue weighted by Crippen LogP contribution is -2.38. The quantitative estimate of drug-likeness (QED) is 0.869. The number of carbonyl (C=O) groups excluding carboxylic acids is 1. The van der Waals surface area contributed by atoms with E-state index in [1.807, 2.05) is 30.3 Å². The molecule has 0 saturated carbocycles. The van der Waals surface area contributed by atoms with Gasteiger partial charge in [0.15, 0.2) is 6.61 Å². The van der Waals surface area contributed by atoms with Crippen molar-refractivity contribution in [2.45, 2.75) is 45.4 Å². The molecule has 0 spiro atoms. The molecule has 2 aromatic rings. The Labute approximate surface area is 150 Å². The molecule has 0 aliphatic carbocycles. The van der Waals surface area contributed by atoms with Crippen LogP contribution in [-0.2, 0) is 15.6 Å². The normalized spacial score (nSPS) is 11.9. The van der Waals surface area contributed by atoms with Gasteiger partial charge in [-0.2, -0.15) is 0 Å². The lowest BCUT2D eigenvalue weighted by Gasteiger charge is -2.25. The minimum absolute atomic E-state index is 0.0139. The topological polar surface area (TPSA) is 51.2 Å². The number of amides is 1. The van der Waals surface area contributed by atoms with Gasteiger partial charge in [0.25, 0.3) is 5.91 Å². The molecule has 134 valence electrons. The second-order valence-electron chi connectivity index (χ2n) is 7.96. The number of nitrogens with zero attached hydrogens (tertiary/aromatic N) is 1. The summed E-state index contributed by atoms with van der Waals surface area (Å²) in [5, 5.41) is 2.95. The summed E-state index contributed by atoms with van der Waals surface area (Å²) in [5.74, 6) is 0.597. The van der Waals surface area contributed by atoms with Gasteiger partial charge in [-0.25, -0.2) is 0 Å². The third-order valence-electron chi connectivity index (χ3n) is 4.26. The van der Waals surface area contributed by atoms with Crippen molar-refractivity contribution in [1.82, 2.24) is 10.3 Å². The van der Waals surface area contributed by atoms with Crippen LogP contribution in [0.5, 0.6) is 5.75 Å². The Morgan fingerprint density at radius 2 is 1.72 bits per heavy atom. The van der Waals surface area contributed by atoms with Gasteiger partial charge in [0.2, 0.25) is 0 Å². The van der Waals surface area contributed by atoms with E-state index in [2.05, 4.69) is 51.0 Å². The molecule has 4 heteroatoms. The molecule has 1 heterocycles. The molecule has 0 aliphatic rings. The summed E-state index contributed by atoms with van der Waals surface area (Å²) in [5.41, 5.74) is 2.21. The number of benzene rings is 1. The van der Waals surface area contributed by atoms with Crippen LogP contribution in [-0.4, -0.2) is 24.0 Å². The van der Waals surface area contributed by atoms with Gasteiger partial charge in [0.1, 0.15) is 5.75 Å². The Kier molecular flexibility index (Phi) is 5.83. The maximum atomic E-state index is 12.1. The Bertz CT molecular complexity index is 703. The summed E-state index contributed by atoms with van der Waals surface area (Å²) in [4.78, 5) is 16.2. The number of carbonyl (C=O) groups is 1. The van der Waals surface area contributed by atoms with Crippen molar-refractivity contribution < 1.29 is 9.53 Å². The number of hydrogen-bond acceptors (Lipinski definition) is 3. The van der Waals surface area contributed by atoms with E-state index >= 15 is 0 Å². The standard InChI is InChI=1S/C21H28N2O2/c1-20(2,3)17-7-6-8-18(13-17)25-14-19(24)23-15-21(4,5)16-9-11-22-12-10-16/h6-13H,14-15H2,1-5H3,(H,23,24). The van der Waals surface area contributed by atoms with Gasteiger partial charge in [-0.3, -0.25) is 9.78 Å². The highest BCUT2D eigenvalue weighted by atomic mass is 16.5. The second kappa shape index (κ2) is 7.68. The van der Waals surface area contributed by atoms with Crippen LogP contribution in [0.3, 0.4) is 0 Å². The van der Waals surface area contributed by atoms with E-state index in [0.29, 0.717) is 6.54 Å². The fraction of sp³-hybridized carbons (Fsp3) is 0.429. The van der Waals surface area contributed by atoms with Crippen LogP contribution < -0.4 is 10.1 Å². The minimum atomic E-state index is -0.162. The zero-order valence-corrected chi connectivity index (χ0v) is 15.8. The van der Waals surface area contributed by atoms with Crippen LogP contribution >= 0.6 is 0 Å². The van der Waals surface area contributed by atoms with Crippen LogP contribution in [0.1, 0.15) is 45.7 Å². The largest absolute Gasteiger partial charge is 0.484 e. The van der Waals surface area contributed by atoms with Crippen LogP contribution in [0.4, 0.5) is 0 Å². The molecule has 0 fully saturated rings. The number of ether oxygens (including phenoxy) is 1. The lowest BCUT2D eigenvalue weighted by atomic mass is 9.85. The fourth-order valence-electron chi connectivity index (χ4n) is 2.48. The molecule has 4 nitrogen and oxygen atoms in total. The highest BCUT2D eigenvalue weighted by molar-refractivity contribution is 5.77. The van der Waals surface area contributed by atoms with Gasteiger partial charge in [-0.1, -0.05) is 46.8 Å². The summed E-state index contributed by atoms with van der Waals surface area (Å²) in [6.07, 6.45) is 3.54. The zero-order valence-electron chi connectivity index (χ0n) is 15.8. The first-order valence-electron chi connectivity index (χ1n) is 8.59. The highest BCUT2D eigenvalue weighted by Crippen LogP contribution is 2.25. The molecule has 0 saturated heterocycles. The summed E-state index contributed by atoms with van der Waals surface area (Å²) >= 11 is 0. The molecule has 1 amide bonds. The monoisotopic (exact) mass is 340 g/mol. The van der Waals surface area contributed by atoms with E-state index in [9.17, 15) is 4.79 Å². The first kappa shape index (κ1) is 19.0. The number of rotatable bonds is 6. The van der Waals surface area contributed by atoms with E-state index in [1.165, 1.54) is 5.56 Å². The number of aromatic nitrogens is 1. The van der Waals surface area contributed by atoms with Crippen LogP contribution in [0, 0.1) is 0 Å². The van der Waals surface area contributed by atoms with Crippen molar-refractivity contribution in [2.24, 2.45) is 0 Å². The van der Waals surface area contributed by atoms with Gasteiger partial charge in [0.05, 0.1) is 0 Å². The summed E-state index contributed by atoms with van der Waals surface area (Å²) in [7, 11) is 0. The van der Waals surface area contributed by atoms with Crippen LogP contribution in [0.25, 0.3) is 0 Å². The van der Waals surface area contributed by atoms with E-state index in [0.717, 1.165) is 11.3 Å². The lowest BCUT2D eigenvalue weighted by molar-refractivity contribution is -0.123. The number of hydrogen-bond donors (Lipinski definition) is 1. The average molecular weight is 340 g/mol. The highest BCUT2D eigenvalue weighted by Gasteiger charge is 2.21. The molecule has 0 bridgehead atoms. The van der Waals surface area contributed by atoms with Gasteiger partial charge >= 0.3 is 0 Å². The van der Waals surface area contributed by atoms with Crippen molar-refractivity contribution >= 4 is 5.91 Å². The molecule has 0 aliphatic heterocycles. The Hall–Kier alpha value is -2.36. The molecular weight excluding hydrogens is 312 g/mol. The summed E-state index contributed by atoms with van der Waals surface area (Å²) in [6, 6.07) is 11.9. The van der Waals surface area contributed by atoms with Crippen LogP contribution in [0.15, 0.2) is 48.8 Å². The fourth-order valence-corrected chi connectivity index (χ4v) is 2.48. The van der Waals surface area contributed by atoms with Gasteiger partial charge < -0.3 is 10.1 Å². The van der Waals surface area contributed by atoms with Crippen LogP contribution in [0.2, 0.25) is 0 Å². The second-order valence-corrected chi connectivity index (χ2v) is 7.96. The van der Waals surface area contributed by atoms with Crippen molar-refractivity contribution in [3.05, 3.63) is 59.9 Å². The summed E-state index contributed by atoms with van der Waals surface area (Å²) < 4.78 is 5.65. The van der Waals surface area contributed by atoms with Gasteiger partial charge in [-0.15, -0.1) is 0 Å². The number of pyridine rings is 1. The van der Waals surface area contributed by atoms with E-state index in [-0.39, 0.29) is 23.3 Å². The molecule has 2 rings (SSSR count). The Balaban J connectivity index is 1.87. The molecule has 0 unspecified atom stereocenters. The van der Waals surface area contributed by atoms with Crippen molar-refractivity contribution in [3.63, 3.8) is 0 Å². The molecular formula is C21H28N2O2. The van der Waals surface area contributed by atoms with Gasteiger partial charge in [-0.05, 0) is 40.8 Å². The van der Waals surface area contributed by atoms with E-state index < -0.39 is 0 Å². The van der Waals surface area contributed by atoms with Crippen molar-refractivity contribution in [2.75, 3.05) is 13.2 Å². The molecule has 0 atom stereocenters. The maximum Gasteiger partial charge on any atom is 0.257 e. The molecule has 1 aromatic carbocycles. The zero-order chi connectivity index (χ0) is 18.5. The summed E-state index contributed by atoms with van der Waals surface area (Å²) in [6.45, 7) is 11.2. The minimum Gasteiger partial charge on any atom is -0.484 e. The Morgan fingerprint density at radius 3 is 2.36 bits per heavy atom. The third kappa shape index (κ3) is 5.59. The van der Waals surface area contributed by atoms with Gasteiger partial charge in [0, 0.05) is 24.4 Å². The third-order valence-corrected chi connectivity index (χ3v) is 4.26. The molecule has 1 N–H and O–H groups in total.